The van der Waals surface area contributed by atoms with E-state index in [2.05, 4.69) is 5.32 Å². The zero-order valence-corrected chi connectivity index (χ0v) is 16.6. The lowest BCUT2D eigenvalue weighted by Gasteiger charge is -2.15. The number of ether oxygens (including phenoxy) is 2. The molecule has 0 radical (unpaired) electrons. The van der Waals surface area contributed by atoms with E-state index in [1.165, 1.54) is 14.0 Å². The molecule has 27 heavy (non-hydrogen) atoms. The molecular formula is C20H23NO5S. The number of rotatable bonds is 8. The lowest BCUT2D eigenvalue weighted by Crippen LogP contribution is -2.30. The van der Waals surface area contributed by atoms with Gasteiger partial charge in [0.2, 0.25) is 0 Å². The topological polar surface area (TPSA) is 81.7 Å². The van der Waals surface area contributed by atoms with Crippen molar-refractivity contribution in [1.29, 1.82) is 0 Å². The Morgan fingerprint density at radius 3 is 2.48 bits per heavy atom. The van der Waals surface area contributed by atoms with Gasteiger partial charge in [-0.05, 0) is 39.0 Å². The summed E-state index contributed by atoms with van der Waals surface area (Å²) in [4.78, 5) is 38.4. The number of hydrogen-bond acceptors (Lipinski definition) is 6. The van der Waals surface area contributed by atoms with Crippen LogP contribution in [0.1, 0.15) is 39.9 Å². The van der Waals surface area contributed by atoms with Gasteiger partial charge in [0.1, 0.15) is 5.75 Å². The highest BCUT2D eigenvalue weighted by Gasteiger charge is 2.20. The molecule has 0 unspecified atom stereocenters. The molecule has 0 aliphatic heterocycles. The number of para-hydroxylation sites is 2. The number of nitrogens with one attached hydrogen (secondary N) is 1. The molecule has 0 fully saturated rings. The van der Waals surface area contributed by atoms with Gasteiger partial charge in [-0.1, -0.05) is 12.1 Å². The van der Waals surface area contributed by atoms with Gasteiger partial charge in [0, 0.05) is 21.7 Å². The van der Waals surface area contributed by atoms with Gasteiger partial charge in [-0.15, -0.1) is 11.3 Å². The van der Waals surface area contributed by atoms with Crippen LogP contribution < -0.4 is 10.1 Å². The summed E-state index contributed by atoms with van der Waals surface area (Å²) in [7, 11) is 1.50. The SMILES string of the molecule is COc1ccccc1NC(=O)[C@@H](C)OC(=O)CCC(=O)c1cc(C)sc1C. The molecule has 1 aromatic heterocycles. The van der Waals surface area contributed by atoms with E-state index in [0.717, 1.165) is 9.75 Å². The van der Waals surface area contributed by atoms with E-state index in [0.29, 0.717) is 17.0 Å². The lowest BCUT2D eigenvalue weighted by atomic mass is 10.1. The largest absolute Gasteiger partial charge is 0.495 e. The summed E-state index contributed by atoms with van der Waals surface area (Å²) >= 11 is 1.55. The number of ketones is 1. The first kappa shape index (κ1) is 20.6. The second-order valence-electron chi connectivity index (χ2n) is 6.07. The molecule has 144 valence electrons. The van der Waals surface area contributed by atoms with E-state index >= 15 is 0 Å². The van der Waals surface area contributed by atoms with Gasteiger partial charge < -0.3 is 14.8 Å². The van der Waals surface area contributed by atoms with Crippen molar-refractivity contribution in [2.45, 2.75) is 39.7 Å². The van der Waals surface area contributed by atoms with Crippen LogP contribution in [0.2, 0.25) is 0 Å². The summed E-state index contributed by atoms with van der Waals surface area (Å²) in [5.41, 5.74) is 1.14. The summed E-state index contributed by atoms with van der Waals surface area (Å²) in [6, 6.07) is 8.78. The Morgan fingerprint density at radius 1 is 1.15 bits per heavy atom. The van der Waals surface area contributed by atoms with Crippen LogP contribution in [-0.2, 0) is 14.3 Å². The van der Waals surface area contributed by atoms with Crippen LogP contribution in [0.4, 0.5) is 5.69 Å². The highest BCUT2D eigenvalue weighted by Crippen LogP contribution is 2.24. The van der Waals surface area contributed by atoms with Crippen molar-refractivity contribution in [2.24, 2.45) is 0 Å². The quantitative estimate of drug-likeness (QED) is 0.547. The first-order valence-electron chi connectivity index (χ1n) is 8.55. The lowest BCUT2D eigenvalue weighted by molar-refractivity contribution is -0.153. The van der Waals surface area contributed by atoms with Gasteiger partial charge >= 0.3 is 5.97 Å². The summed E-state index contributed by atoms with van der Waals surface area (Å²) in [5, 5.41) is 2.66. The van der Waals surface area contributed by atoms with E-state index in [9.17, 15) is 14.4 Å². The highest BCUT2D eigenvalue weighted by atomic mass is 32.1. The average molecular weight is 389 g/mol. The number of esters is 1. The number of hydrogen-bond donors (Lipinski definition) is 1. The number of benzene rings is 1. The number of amides is 1. The number of aryl methyl sites for hydroxylation is 2. The van der Waals surface area contributed by atoms with Crippen molar-refractivity contribution in [3.63, 3.8) is 0 Å². The van der Waals surface area contributed by atoms with Crippen LogP contribution in [0.15, 0.2) is 30.3 Å². The molecule has 0 aliphatic carbocycles. The molecular weight excluding hydrogens is 366 g/mol. The predicted molar refractivity (Wildman–Crippen MR) is 105 cm³/mol. The second-order valence-corrected chi connectivity index (χ2v) is 7.53. The Bertz CT molecular complexity index is 843. The van der Waals surface area contributed by atoms with Crippen LogP contribution in [0.25, 0.3) is 0 Å². The molecule has 2 rings (SSSR count). The van der Waals surface area contributed by atoms with Crippen molar-refractivity contribution in [2.75, 3.05) is 12.4 Å². The van der Waals surface area contributed by atoms with Gasteiger partial charge in [-0.25, -0.2) is 0 Å². The third kappa shape index (κ3) is 5.65. The molecule has 0 saturated heterocycles. The molecule has 1 N–H and O–H groups in total. The Labute approximate surface area is 162 Å². The maximum Gasteiger partial charge on any atom is 0.307 e. The Kier molecular flexibility index (Phi) is 7.12. The van der Waals surface area contributed by atoms with Gasteiger partial charge in [-0.3, -0.25) is 14.4 Å². The molecule has 0 saturated carbocycles. The summed E-state index contributed by atoms with van der Waals surface area (Å²) in [5.74, 6) is -0.643. The van der Waals surface area contributed by atoms with Gasteiger partial charge in [0.25, 0.3) is 5.91 Å². The van der Waals surface area contributed by atoms with Crippen LogP contribution in [0.3, 0.4) is 0 Å². The second kappa shape index (κ2) is 9.32. The Hall–Kier alpha value is -2.67. The maximum atomic E-state index is 12.2. The molecule has 1 heterocycles. The van der Waals surface area contributed by atoms with Crippen LogP contribution in [0.5, 0.6) is 5.75 Å². The first-order chi connectivity index (χ1) is 12.8. The predicted octanol–water partition coefficient (Wildman–Crippen LogP) is 3.91. The number of Topliss-reactive ketones (excluding diaryl/α,β-unsaturated/α-hetero) is 1. The molecule has 6 nitrogen and oxygen atoms in total. The van der Waals surface area contributed by atoms with Crippen molar-refractivity contribution >= 4 is 34.7 Å². The number of carbonyl (C=O) groups excluding carboxylic acids is 3. The molecule has 0 aliphatic rings. The molecule has 7 heteroatoms. The molecule has 2 aromatic rings. The minimum absolute atomic E-state index is 0.0523. The minimum atomic E-state index is -0.984. The van der Waals surface area contributed by atoms with E-state index in [1.54, 1.807) is 35.6 Å². The maximum absolute atomic E-state index is 12.2. The minimum Gasteiger partial charge on any atom is -0.495 e. The zero-order chi connectivity index (χ0) is 20.0. The number of thiophene rings is 1. The number of anilines is 1. The van der Waals surface area contributed by atoms with E-state index in [1.807, 2.05) is 19.9 Å². The Morgan fingerprint density at radius 2 is 1.85 bits per heavy atom. The molecule has 1 aromatic carbocycles. The van der Waals surface area contributed by atoms with E-state index in [4.69, 9.17) is 9.47 Å². The van der Waals surface area contributed by atoms with Crippen LogP contribution in [0, 0.1) is 13.8 Å². The van der Waals surface area contributed by atoms with Gasteiger partial charge in [-0.2, -0.15) is 0 Å². The fourth-order valence-corrected chi connectivity index (χ4v) is 3.49. The van der Waals surface area contributed by atoms with E-state index < -0.39 is 18.0 Å². The zero-order valence-electron chi connectivity index (χ0n) is 15.8. The third-order valence-corrected chi connectivity index (χ3v) is 4.91. The van der Waals surface area contributed by atoms with Crippen molar-refractivity contribution in [3.8, 4) is 5.75 Å². The number of methoxy groups -OCH3 is 1. The van der Waals surface area contributed by atoms with Crippen LogP contribution >= 0.6 is 11.3 Å². The van der Waals surface area contributed by atoms with E-state index in [-0.39, 0.29) is 18.6 Å². The molecule has 1 atom stereocenters. The monoisotopic (exact) mass is 389 g/mol. The molecule has 0 spiro atoms. The fraction of sp³-hybridized carbons (Fsp3) is 0.350. The third-order valence-electron chi connectivity index (χ3n) is 3.94. The van der Waals surface area contributed by atoms with Gasteiger partial charge in [0.05, 0.1) is 19.2 Å². The number of carbonyl (C=O) groups is 3. The summed E-state index contributed by atoms with van der Waals surface area (Å²) in [6.45, 7) is 5.30. The highest BCUT2D eigenvalue weighted by molar-refractivity contribution is 7.12. The summed E-state index contributed by atoms with van der Waals surface area (Å²) < 4.78 is 10.3. The first-order valence-corrected chi connectivity index (χ1v) is 9.37. The smallest absolute Gasteiger partial charge is 0.307 e. The normalized spacial score (nSPS) is 11.6. The molecule has 1 amide bonds. The average Bonchev–Trinajstić information content (AvgIpc) is 2.98. The van der Waals surface area contributed by atoms with Gasteiger partial charge in [0.15, 0.2) is 11.9 Å². The Balaban J connectivity index is 1.85. The van der Waals surface area contributed by atoms with Crippen molar-refractivity contribution in [3.05, 3.63) is 45.6 Å². The van der Waals surface area contributed by atoms with Crippen LogP contribution in [-0.4, -0.2) is 30.9 Å². The summed E-state index contributed by atoms with van der Waals surface area (Å²) in [6.07, 6.45) is -1.00. The van der Waals surface area contributed by atoms with Crippen molar-refractivity contribution in [1.82, 2.24) is 0 Å². The molecule has 0 bridgehead atoms. The van der Waals surface area contributed by atoms with Crippen molar-refractivity contribution < 1.29 is 23.9 Å². The standard InChI is InChI=1S/C20H23NO5S/c1-12-11-15(14(3)27-12)17(22)9-10-19(23)26-13(2)20(24)21-16-7-5-6-8-18(16)25-4/h5-8,11,13H,9-10H2,1-4H3,(H,21,24)/t13-/m1/s1. The fourth-order valence-electron chi connectivity index (χ4n) is 2.55.